The van der Waals surface area contributed by atoms with Gasteiger partial charge >= 0.3 is 11.9 Å². The summed E-state index contributed by atoms with van der Waals surface area (Å²) in [5.41, 5.74) is -2.37. The second-order valence-corrected chi connectivity index (χ2v) is 4.36. The lowest BCUT2D eigenvalue weighted by atomic mass is 9.64. The van der Waals surface area contributed by atoms with Crippen molar-refractivity contribution in [1.82, 2.24) is 0 Å². The Balaban J connectivity index is 2.60. The second kappa shape index (κ2) is 4.04. The molecule has 0 unspecified atom stereocenters. The van der Waals surface area contributed by atoms with E-state index in [1.54, 1.807) is 0 Å². The molecule has 0 atom stereocenters. The van der Waals surface area contributed by atoms with Gasteiger partial charge in [0.15, 0.2) is 0 Å². The molecule has 0 bridgehead atoms. The van der Waals surface area contributed by atoms with E-state index in [1.165, 1.54) is 0 Å². The van der Waals surface area contributed by atoms with Crippen molar-refractivity contribution >= 4 is 11.9 Å². The van der Waals surface area contributed by atoms with E-state index in [-0.39, 0.29) is 18.4 Å². The van der Waals surface area contributed by atoms with Gasteiger partial charge in [0.2, 0.25) is 0 Å². The minimum Gasteiger partial charge on any atom is -0.481 e. The van der Waals surface area contributed by atoms with Crippen LogP contribution in [0.1, 0.15) is 35.2 Å². The van der Waals surface area contributed by atoms with Crippen LogP contribution in [0, 0.1) is 11.6 Å². The van der Waals surface area contributed by atoms with Gasteiger partial charge in [-0.05, 0) is 18.9 Å². The molecule has 0 aromatic heterocycles. The van der Waals surface area contributed by atoms with Crippen LogP contribution < -0.4 is 0 Å². The Bertz CT molecular complexity index is 535. The van der Waals surface area contributed by atoms with Crippen LogP contribution in [0.4, 0.5) is 8.78 Å². The van der Waals surface area contributed by atoms with Gasteiger partial charge in [-0.25, -0.2) is 13.6 Å². The maximum Gasteiger partial charge on any atom is 0.338 e. The van der Waals surface area contributed by atoms with E-state index >= 15 is 0 Å². The maximum atomic E-state index is 13.7. The van der Waals surface area contributed by atoms with Gasteiger partial charge in [0.25, 0.3) is 0 Å². The van der Waals surface area contributed by atoms with Crippen molar-refractivity contribution in [3.05, 3.63) is 34.9 Å². The van der Waals surface area contributed by atoms with Crippen molar-refractivity contribution in [3.63, 3.8) is 0 Å². The molecular weight excluding hydrogens is 246 g/mol. The third-order valence-electron chi connectivity index (χ3n) is 3.42. The molecule has 4 nitrogen and oxygen atoms in total. The Hall–Kier alpha value is -1.98. The summed E-state index contributed by atoms with van der Waals surface area (Å²) < 4.78 is 26.9. The van der Waals surface area contributed by atoms with Crippen molar-refractivity contribution in [3.8, 4) is 0 Å². The molecule has 0 spiro atoms. The summed E-state index contributed by atoms with van der Waals surface area (Å²) >= 11 is 0. The molecule has 1 aromatic carbocycles. The molecule has 6 heteroatoms. The molecule has 1 saturated carbocycles. The summed E-state index contributed by atoms with van der Waals surface area (Å²) in [4.78, 5) is 22.0. The molecule has 2 rings (SSSR count). The highest BCUT2D eigenvalue weighted by Gasteiger charge is 2.48. The fourth-order valence-electron chi connectivity index (χ4n) is 2.21. The summed E-state index contributed by atoms with van der Waals surface area (Å²) in [6.07, 6.45) is 1.07. The van der Waals surface area contributed by atoms with E-state index in [1.807, 2.05) is 0 Å². The van der Waals surface area contributed by atoms with Gasteiger partial charge in [-0.15, -0.1) is 0 Å². The molecule has 0 amide bonds. The number of carboxylic acid groups (broad SMARTS) is 2. The number of hydrogen-bond acceptors (Lipinski definition) is 2. The molecule has 2 N–H and O–H groups in total. The zero-order valence-electron chi connectivity index (χ0n) is 9.24. The highest BCUT2D eigenvalue weighted by atomic mass is 19.1. The van der Waals surface area contributed by atoms with Crippen LogP contribution in [-0.4, -0.2) is 22.2 Å². The number of carboxylic acids is 2. The standard InChI is InChI=1S/C12H10F2O4/c13-8-5-9(14)7(4-6(8)10(15)16)12(11(17)18)2-1-3-12/h4-5H,1-3H2,(H,15,16)(H,17,18). The molecule has 0 heterocycles. The largest absolute Gasteiger partial charge is 0.481 e. The Kier molecular flexibility index (Phi) is 2.80. The smallest absolute Gasteiger partial charge is 0.338 e. The Morgan fingerprint density at radius 1 is 1.11 bits per heavy atom. The van der Waals surface area contributed by atoms with Gasteiger partial charge < -0.3 is 10.2 Å². The van der Waals surface area contributed by atoms with E-state index in [0.29, 0.717) is 12.5 Å². The Labute approximate surface area is 101 Å². The van der Waals surface area contributed by atoms with Crippen LogP contribution >= 0.6 is 0 Å². The van der Waals surface area contributed by atoms with E-state index in [9.17, 15) is 18.4 Å². The minimum atomic E-state index is -1.55. The first-order valence-corrected chi connectivity index (χ1v) is 5.35. The van der Waals surface area contributed by atoms with E-state index in [0.717, 1.165) is 6.07 Å². The number of aromatic carboxylic acids is 1. The average Bonchev–Trinajstić information content (AvgIpc) is 2.18. The molecular formula is C12H10F2O4. The zero-order valence-corrected chi connectivity index (χ0v) is 9.24. The van der Waals surface area contributed by atoms with Crippen molar-refractivity contribution in [2.24, 2.45) is 0 Å². The molecule has 96 valence electrons. The van der Waals surface area contributed by atoms with Crippen LogP contribution in [0.3, 0.4) is 0 Å². The van der Waals surface area contributed by atoms with Gasteiger partial charge in [0.1, 0.15) is 11.6 Å². The molecule has 1 aliphatic carbocycles. The summed E-state index contributed by atoms with van der Waals surface area (Å²) in [6.45, 7) is 0. The van der Waals surface area contributed by atoms with E-state index in [4.69, 9.17) is 10.2 Å². The summed E-state index contributed by atoms with van der Waals surface area (Å²) in [6, 6.07) is 1.22. The van der Waals surface area contributed by atoms with E-state index < -0.39 is 34.6 Å². The van der Waals surface area contributed by atoms with Crippen LogP contribution in [-0.2, 0) is 10.2 Å². The van der Waals surface area contributed by atoms with Crippen LogP contribution in [0.2, 0.25) is 0 Å². The lowest BCUT2D eigenvalue weighted by Crippen LogP contribution is -2.43. The van der Waals surface area contributed by atoms with Crippen molar-refractivity contribution in [1.29, 1.82) is 0 Å². The third kappa shape index (κ3) is 1.64. The quantitative estimate of drug-likeness (QED) is 0.869. The number of hydrogen-bond donors (Lipinski definition) is 2. The van der Waals surface area contributed by atoms with Gasteiger partial charge in [-0.3, -0.25) is 4.79 Å². The number of halogens is 2. The Morgan fingerprint density at radius 3 is 2.11 bits per heavy atom. The van der Waals surface area contributed by atoms with Gasteiger partial charge in [-0.1, -0.05) is 6.42 Å². The molecule has 1 aliphatic rings. The van der Waals surface area contributed by atoms with E-state index in [2.05, 4.69) is 0 Å². The van der Waals surface area contributed by atoms with Crippen LogP contribution in [0.25, 0.3) is 0 Å². The molecule has 0 aliphatic heterocycles. The Morgan fingerprint density at radius 2 is 1.72 bits per heavy atom. The molecule has 1 aromatic rings. The monoisotopic (exact) mass is 256 g/mol. The van der Waals surface area contributed by atoms with Crippen molar-refractivity contribution in [2.45, 2.75) is 24.7 Å². The maximum absolute atomic E-state index is 13.7. The summed E-state index contributed by atoms with van der Waals surface area (Å²) in [5.74, 6) is -4.98. The zero-order chi connectivity index (χ0) is 13.5. The number of rotatable bonds is 3. The summed E-state index contributed by atoms with van der Waals surface area (Å²) in [7, 11) is 0. The molecule has 0 radical (unpaired) electrons. The van der Waals surface area contributed by atoms with Crippen molar-refractivity contribution < 1.29 is 28.6 Å². The first-order valence-electron chi connectivity index (χ1n) is 5.35. The van der Waals surface area contributed by atoms with Crippen LogP contribution in [0.15, 0.2) is 12.1 Å². The molecule has 1 fully saturated rings. The predicted molar refractivity (Wildman–Crippen MR) is 56.5 cm³/mol. The number of benzene rings is 1. The molecule has 18 heavy (non-hydrogen) atoms. The SMILES string of the molecule is O=C(O)c1cc(C2(C(=O)O)CCC2)c(F)cc1F. The molecule has 0 saturated heterocycles. The fraction of sp³-hybridized carbons (Fsp3) is 0.333. The third-order valence-corrected chi connectivity index (χ3v) is 3.42. The highest BCUT2D eigenvalue weighted by Crippen LogP contribution is 2.45. The van der Waals surface area contributed by atoms with Gasteiger partial charge in [-0.2, -0.15) is 0 Å². The predicted octanol–water partition coefficient (Wildman–Crippen LogP) is 2.17. The lowest BCUT2D eigenvalue weighted by molar-refractivity contribution is -0.147. The minimum absolute atomic E-state index is 0.226. The van der Waals surface area contributed by atoms with Crippen LogP contribution in [0.5, 0.6) is 0 Å². The first-order chi connectivity index (χ1) is 8.38. The second-order valence-electron chi connectivity index (χ2n) is 4.36. The van der Waals surface area contributed by atoms with Gasteiger partial charge in [0.05, 0.1) is 11.0 Å². The highest BCUT2D eigenvalue weighted by molar-refractivity contribution is 5.89. The summed E-state index contributed by atoms with van der Waals surface area (Å²) in [5, 5.41) is 17.9. The number of carbonyl (C=O) groups is 2. The first kappa shape index (κ1) is 12.5. The average molecular weight is 256 g/mol. The fourth-order valence-corrected chi connectivity index (χ4v) is 2.21. The lowest BCUT2D eigenvalue weighted by Gasteiger charge is -2.38. The normalized spacial score (nSPS) is 17.0. The topological polar surface area (TPSA) is 74.6 Å². The van der Waals surface area contributed by atoms with Gasteiger partial charge in [0, 0.05) is 11.6 Å². The number of aliphatic carboxylic acids is 1. The van der Waals surface area contributed by atoms with Crippen molar-refractivity contribution in [2.75, 3.05) is 0 Å².